The molecule has 0 aliphatic heterocycles. The molecule has 0 spiro atoms. The van der Waals surface area contributed by atoms with E-state index in [-0.39, 0.29) is 11.6 Å². The minimum atomic E-state index is -1.34. The average Bonchev–Trinajstić information content (AvgIpc) is 2.26. The number of hydrogen-bond donors (Lipinski definition) is 1. The van der Waals surface area contributed by atoms with Gasteiger partial charge in [0.05, 0.1) is 4.92 Å². The maximum Gasteiger partial charge on any atom is 0.342 e. The first-order valence-corrected chi connectivity index (χ1v) is 4.95. The van der Waals surface area contributed by atoms with E-state index in [1.54, 1.807) is 11.9 Å². The van der Waals surface area contributed by atoms with Gasteiger partial charge in [-0.25, -0.2) is 9.78 Å². The van der Waals surface area contributed by atoms with Gasteiger partial charge < -0.3 is 10.0 Å². The van der Waals surface area contributed by atoms with Gasteiger partial charge in [-0.3, -0.25) is 10.1 Å². The molecule has 7 heteroatoms. The molecule has 0 unspecified atom stereocenters. The molecule has 1 N–H and O–H groups in total. The largest absolute Gasteiger partial charge is 0.477 e. The molecule has 17 heavy (non-hydrogen) atoms. The lowest BCUT2D eigenvalue weighted by atomic mass is 10.2. The van der Waals surface area contributed by atoms with Crippen molar-refractivity contribution >= 4 is 17.5 Å². The highest BCUT2D eigenvalue weighted by atomic mass is 16.6. The van der Waals surface area contributed by atoms with E-state index in [0.717, 1.165) is 6.20 Å². The first-order chi connectivity index (χ1) is 7.84. The monoisotopic (exact) mass is 239 g/mol. The van der Waals surface area contributed by atoms with Gasteiger partial charge >= 0.3 is 11.7 Å². The number of nitrogens with zero attached hydrogens (tertiary/aromatic N) is 3. The molecule has 0 amide bonds. The van der Waals surface area contributed by atoms with E-state index < -0.39 is 16.6 Å². The van der Waals surface area contributed by atoms with E-state index in [1.807, 2.05) is 13.8 Å². The van der Waals surface area contributed by atoms with Crippen LogP contribution in [-0.2, 0) is 0 Å². The molecule has 0 bridgehead atoms. The van der Waals surface area contributed by atoms with Crippen molar-refractivity contribution in [2.24, 2.45) is 0 Å². The molecule has 0 fully saturated rings. The Morgan fingerprint density at radius 3 is 2.59 bits per heavy atom. The van der Waals surface area contributed by atoms with Gasteiger partial charge in [-0.2, -0.15) is 0 Å². The van der Waals surface area contributed by atoms with Gasteiger partial charge in [0.15, 0.2) is 0 Å². The van der Waals surface area contributed by atoms with Gasteiger partial charge in [-0.05, 0) is 13.8 Å². The van der Waals surface area contributed by atoms with Gasteiger partial charge in [0, 0.05) is 19.2 Å². The zero-order valence-electron chi connectivity index (χ0n) is 9.75. The molecule has 1 heterocycles. The minimum absolute atomic E-state index is 0.116. The van der Waals surface area contributed by atoms with E-state index in [4.69, 9.17) is 5.11 Å². The van der Waals surface area contributed by atoms with Crippen LogP contribution in [0.1, 0.15) is 24.2 Å². The molecule has 1 aromatic heterocycles. The molecular weight excluding hydrogens is 226 g/mol. The lowest BCUT2D eigenvalue weighted by molar-refractivity contribution is -0.385. The molecule has 0 aliphatic rings. The van der Waals surface area contributed by atoms with E-state index in [2.05, 4.69) is 4.98 Å². The van der Waals surface area contributed by atoms with E-state index >= 15 is 0 Å². The number of carboxylic acids is 1. The second-order valence-corrected chi connectivity index (χ2v) is 3.83. The van der Waals surface area contributed by atoms with Crippen LogP contribution in [0.5, 0.6) is 0 Å². The highest BCUT2D eigenvalue weighted by molar-refractivity contribution is 5.93. The third-order valence-corrected chi connectivity index (χ3v) is 2.43. The SMILES string of the molecule is CC(C)N(C)c1cc(C(=O)O)c([N+](=O)[O-])cn1. The molecule has 0 radical (unpaired) electrons. The normalized spacial score (nSPS) is 10.4. The Morgan fingerprint density at radius 2 is 2.18 bits per heavy atom. The predicted octanol–water partition coefficient (Wildman–Crippen LogP) is 1.53. The molecule has 0 aliphatic carbocycles. The lowest BCUT2D eigenvalue weighted by Crippen LogP contribution is -2.26. The summed E-state index contributed by atoms with van der Waals surface area (Å²) in [5, 5.41) is 19.5. The summed E-state index contributed by atoms with van der Waals surface area (Å²) in [4.78, 5) is 26.4. The Morgan fingerprint density at radius 1 is 1.59 bits per heavy atom. The van der Waals surface area contributed by atoms with Crippen LogP contribution in [0.2, 0.25) is 0 Å². The Labute approximate surface area is 97.8 Å². The van der Waals surface area contributed by atoms with Crippen molar-refractivity contribution in [1.82, 2.24) is 4.98 Å². The molecule has 0 atom stereocenters. The van der Waals surface area contributed by atoms with E-state index in [1.165, 1.54) is 6.07 Å². The third kappa shape index (κ3) is 2.68. The Hall–Kier alpha value is -2.18. The lowest BCUT2D eigenvalue weighted by Gasteiger charge is -2.22. The van der Waals surface area contributed by atoms with Gasteiger partial charge in [-0.15, -0.1) is 0 Å². The Bertz CT molecular complexity index is 459. The smallest absolute Gasteiger partial charge is 0.342 e. The fourth-order valence-electron chi connectivity index (χ4n) is 1.21. The first-order valence-electron chi connectivity index (χ1n) is 4.95. The molecule has 1 aromatic rings. The van der Waals surface area contributed by atoms with Crippen LogP contribution in [0.25, 0.3) is 0 Å². The molecule has 1 rings (SSSR count). The van der Waals surface area contributed by atoms with Crippen LogP contribution in [0.3, 0.4) is 0 Å². The van der Waals surface area contributed by atoms with E-state index in [0.29, 0.717) is 5.82 Å². The zero-order valence-corrected chi connectivity index (χ0v) is 9.75. The zero-order chi connectivity index (χ0) is 13.2. The van der Waals surface area contributed by atoms with Gasteiger partial charge in [-0.1, -0.05) is 0 Å². The summed E-state index contributed by atoms with van der Waals surface area (Å²) in [5.74, 6) is -0.944. The highest BCUT2D eigenvalue weighted by Gasteiger charge is 2.22. The summed E-state index contributed by atoms with van der Waals surface area (Å²) in [6.07, 6.45) is 0.970. The molecule has 0 saturated carbocycles. The molecule has 0 aromatic carbocycles. The molecular formula is C10H13N3O4. The number of aromatic carboxylic acids is 1. The molecule has 7 nitrogen and oxygen atoms in total. The molecule has 0 saturated heterocycles. The molecule has 92 valence electrons. The van der Waals surface area contributed by atoms with Crippen molar-refractivity contribution in [1.29, 1.82) is 0 Å². The summed E-state index contributed by atoms with van der Waals surface area (Å²) in [5.41, 5.74) is -0.856. The number of carbonyl (C=O) groups is 1. The fraction of sp³-hybridized carbons (Fsp3) is 0.400. The summed E-state index contributed by atoms with van der Waals surface area (Å²) < 4.78 is 0. The second-order valence-electron chi connectivity index (χ2n) is 3.83. The third-order valence-electron chi connectivity index (χ3n) is 2.43. The van der Waals surface area contributed by atoms with Crippen molar-refractivity contribution in [3.63, 3.8) is 0 Å². The van der Waals surface area contributed by atoms with Crippen molar-refractivity contribution in [3.8, 4) is 0 Å². The van der Waals surface area contributed by atoms with Gasteiger partial charge in [0.25, 0.3) is 0 Å². The van der Waals surface area contributed by atoms with Crippen LogP contribution in [-0.4, -0.2) is 34.1 Å². The van der Waals surface area contributed by atoms with Crippen LogP contribution >= 0.6 is 0 Å². The van der Waals surface area contributed by atoms with Crippen LogP contribution in [0, 0.1) is 10.1 Å². The summed E-state index contributed by atoms with van der Waals surface area (Å²) in [6.45, 7) is 3.81. The van der Waals surface area contributed by atoms with Crippen LogP contribution in [0.15, 0.2) is 12.3 Å². The number of nitro groups is 1. The van der Waals surface area contributed by atoms with Gasteiger partial charge in [0.2, 0.25) is 0 Å². The van der Waals surface area contributed by atoms with Crippen molar-refractivity contribution in [3.05, 3.63) is 27.9 Å². The first kappa shape index (κ1) is 12.9. The van der Waals surface area contributed by atoms with Crippen molar-refractivity contribution in [2.75, 3.05) is 11.9 Å². The van der Waals surface area contributed by atoms with Gasteiger partial charge in [0.1, 0.15) is 17.6 Å². The standard InChI is InChI=1S/C10H13N3O4/c1-6(2)12(3)9-4-7(10(14)15)8(5-11-9)13(16)17/h4-6H,1-3H3,(H,14,15). The number of anilines is 1. The van der Waals surface area contributed by atoms with Crippen LogP contribution in [0.4, 0.5) is 11.5 Å². The maximum atomic E-state index is 10.9. The highest BCUT2D eigenvalue weighted by Crippen LogP contribution is 2.22. The summed E-state index contributed by atoms with van der Waals surface area (Å²) in [6, 6.07) is 1.33. The van der Waals surface area contributed by atoms with Crippen molar-refractivity contribution in [2.45, 2.75) is 19.9 Å². The summed E-state index contributed by atoms with van der Waals surface area (Å²) in [7, 11) is 1.74. The summed E-state index contributed by atoms with van der Waals surface area (Å²) >= 11 is 0. The quantitative estimate of drug-likeness (QED) is 0.632. The van der Waals surface area contributed by atoms with E-state index in [9.17, 15) is 14.9 Å². The minimum Gasteiger partial charge on any atom is -0.477 e. The number of aromatic nitrogens is 1. The van der Waals surface area contributed by atoms with Crippen LogP contribution < -0.4 is 4.90 Å². The average molecular weight is 239 g/mol. The van der Waals surface area contributed by atoms with Crippen molar-refractivity contribution < 1.29 is 14.8 Å². The Kier molecular flexibility index (Phi) is 3.62. The Balaban J connectivity index is 3.28. The number of rotatable bonds is 4. The number of pyridine rings is 1. The topological polar surface area (TPSA) is 96.6 Å². The predicted molar refractivity (Wildman–Crippen MR) is 61.4 cm³/mol. The number of hydrogen-bond acceptors (Lipinski definition) is 5. The second kappa shape index (κ2) is 4.77. The number of carboxylic acid groups (broad SMARTS) is 1. The fourth-order valence-corrected chi connectivity index (χ4v) is 1.21. The maximum absolute atomic E-state index is 10.9.